The van der Waals surface area contributed by atoms with E-state index in [1.165, 1.54) is 38.9 Å². The van der Waals surface area contributed by atoms with Gasteiger partial charge in [-0.15, -0.1) is 0 Å². The fourth-order valence-corrected chi connectivity index (χ4v) is 7.51. The number of pyridine rings is 1. The second-order valence-electron chi connectivity index (χ2n) is 13.8. The first-order valence-corrected chi connectivity index (χ1v) is 17.5. The smallest absolute Gasteiger partial charge is 0.159 e. The third-order valence-corrected chi connectivity index (χ3v) is 10.2. The summed E-state index contributed by atoms with van der Waals surface area (Å²) in [5.74, 6) is 1.49. The normalized spacial score (nSPS) is 15.6. The van der Waals surface area contributed by atoms with Gasteiger partial charge in [-0.05, 0) is 97.6 Å². The van der Waals surface area contributed by atoms with Crippen molar-refractivity contribution in [1.29, 1.82) is 0 Å². The van der Waals surface area contributed by atoms with Gasteiger partial charge in [-0.3, -0.25) is 4.98 Å². The molecule has 0 saturated carbocycles. The second-order valence-corrected chi connectivity index (χ2v) is 13.8. The highest BCUT2D eigenvalue weighted by Crippen LogP contribution is 2.49. The van der Waals surface area contributed by atoms with Crippen molar-refractivity contribution in [3.8, 4) is 44.5 Å². The van der Waals surface area contributed by atoms with Crippen molar-refractivity contribution in [3.63, 3.8) is 0 Å². The summed E-state index contributed by atoms with van der Waals surface area (Å²) in [7, 11) is 0. The quantitative estimate of drug-likeness (QED) is 0.194. The van der Waals surface area contributed by atoms with Gasteiger partial charge in [-0.2, -0.15) is 0 Å². The molecule has 4 nitrogen and oxygen atoms in total. The van der Waals surface area contributed by atoms with Crippen molar-refractivity contribution in [3.05, 3.63) is 198 Å². The van der Waals surface area contributed by atoms with E-state index in [0.717, 1.165) is 39.2 Å². The van der Waals surface area contributed by atoms with Crippen LogP contribution in [0.15, 0.2) is 180 Å². The molecule has 4 heteroatoms. The highest BCUT2D eigenvalue weighted by Gasteiger charge is 2.35. The van der Waals surface area contributed by atoms with Crippen LogP contribution >= 0.6 is 0 Å². The minimum Gasteiger partial charge on any atom is -0.344 e. The average molecular weight is 657 g/mol. The monoisotopic (exact) mass is 656 g/mol. The first-order chi connectivity index (χ1) is 25.0. The summed E-state index contributed by atoms with van der Waals surface area (Å²) in [6.45, 7) is 4.65. The molecular weight excluding hydrogens is 621 g/mol. The molecule has 2 heterocycles. The Morgan fingerprint density at radius 2 is 1.04 bits per heavy atom. The van der Waals surface area contributed by atoms with Crippen LogP contribution in [-0.4, -0.2) is 16.7 Å². The maximum atomic E-state index is 5.18. The largest absolute Gasteiger partial charge is 0.344 e. The molecule has 1 atom stereocenters. The van der Waals surface area contributed by atoms with Crippen molar-refractivity contribution in [2.24, 2.45) is 9.98 Å². The van der Waals surface area contributed by atoms with E-state index in [0.29, 0.717) is 5.84 Å². The van der Waals surface area contributed by atoms with Gasteiger partial charge < -0.3 is 5.32 Å². The molecule has 0 saturated heterocycles. The molecular formula is C47H36N4. The predicted molar refractivity (Wildman–Crippen MR) is 210 cm³/mol. The topological polar surface area (TPSA) is 49.6 Å². The van der Waals surface area contributed by atoms with Gasteiger partial charge in [0, 0.05) is 28.9 Å². The molecule has 2 aliphatic rings. The van der Waals surface area contributed by atoms with Crippen molar-refractivity contribution >= 4 is 11.7 Å². The van der Waals surface area contributed by atoms with Crippen LogP contribution in [0.3, 0.4) is 0 Å². The molecule has 0 spiro atoms. The molecule has 1 aliphatic carbocycles. The molecule has 1 N–H and O–H groups in total. The van der Waals surface area contributed by atoms with Gasteiger partial charge in [-0.25, -0.2) is 9.98 Å². The van der Waals surface area contributed by atoms with Crippen molar-refractivity contribution < 1.29 is 0 Å². The van der Waals surface area contributed by atoms with Gasteiger partial charge in [0.1, 0.15) is 12.0 Å². The van der Waals surface area contributed by atoms with Crippen molar-refractivity contribution in [2.75, 3.05) is 0 Å². The Hall–Kier alpha value is -6.39. The van der Waals surface area contributed by atoms with Crippen LogP contribution in [0.2, 0.25) is 0 Å². The van der Waals surface area contributed by atoms with Gasteiger partial charge in [0.15, 0.2) is 5.84 Å². The number of rotatable bonds is 6. The molecule has 0 fully saturated rings. The van der Waals surface area contributed by atoms with Gasteiger partial charge >= 0.3 is 0 Å². The molecule has 244 valence electrons. The van der Waals surface area contributed by atoms with Gasteiger partial charge in [0.25, 0.3) is 0 Å². The number of hydrogen-bond acceptors (Lipinski definition) is 4. The van der Waals surface area contributed by atoms with Crippen LogP contribution < -0.4 is 5.32 Å². The minimum atomic E-state index is -0.315. The van der Waals surface area contributed by atoms with E-state index < -0.39 is 0 Å². The SMILES string of the molecule is CC1(C)c2ccccc2-c2cc(-c3cc(C4=NC(c5ccccc5)=NC(c5ccc(-c6ccccc6)cc5)N4)cc(-c4ccncc4)c3)ccc21. The number of aliphatic imine (C=N–C) groups is 2. The van der Waals surface area contributed by atoms with Crippen LogP contribution in [0, 0.1) is 0 Å². The zero-order valence-electron chi connectivity index (χ0n) is 28.6. The Kier molecular flexibility index (Phi) is 7.51. The van der Waals surface area contributed by atoms with Crippen molar-refractivity contribution in [1.82, 2.24) is 10.3 Å². The molecule has 9 rings (SSSR count). The Balaban J connectivity index is 1.16. The summed E-state index contributed by atoms with van der Waals surface area (Å²) >= 11 is 0. The lowest BCUT2D eigenvalue weighted by atomic mass is 9.82. The first-order valence-electron chi connectivity index (χ1n) is 17.5. The molecule has 1 unspecified atom stereocenters. The molecule has 7 aromatic rings. The van der Waals surface area contributed by atoms with E-state index in [-0.39, 0.29) is 11.6 Å². The average Bonchev–Trinajstić information content (AvgIpc) is 3.44. The van der Waals surface area contributed by atoms with Crippen LogP contribution in [-0.2, 0) is 5.41 Å². The molecule has 0 amide bonds. The maximum absolute atomic E-state index is 5.18. The van der Waals surface area contributed by atoms with Crippen LogP contribution in [0.1, 0.15) is 47.8 Å². The Bertz CT molecular complexity index is 2450. The zero-order chi connectivity index (χ0) is 34.4. The van der Waals surface area contributed by atoms with Crippen LogP contribution in [0.25, 0.3) is 44.5 Å². The fourth-order valence-electron chi connectivity index (χ4n) is 7.51. The third kappa shape index (κ3) is 5.65. The summed E-state index contributed by atoms with van der Waals surface area (Å²) in [4.78, 5) is 14.6. The van der Waals surface area contributed by atoms with E-state index in [9.17, 15) is 0 Å². The van der Waals surface area contributed by atoms with E-state index in [1.807, 2.05) is 36.7 Å². The van der Waals surface area contributed by atoms with Crippen molar-refractivity contribution in [2.45, 2.75) is 25.4 Å². The summed E-state index contributed by atoms with van der Waals surface area (Å²) in [5.41, 5.74) is 15.2. The number of nitrogens with zero attached hydrogens (tertiary/aromatic N) is 3. The Labute approximate surface area is 299 Å². The highest BCUT2D eigenvalue weighted by atomic mass is 15.2. The lowest BCUT2D eigenvalue weighted by Gasteiger charge is -2.24. The van der Waals surface area contributed by atoms with E-state index >= 15 is 0 Å². The molecule has 1 aromatic heterocycles. The molecule has 6 aromatic carbocycles. The first kappa shape index (κ1) is 30.7. The summed E-state index contributed by atoms with van der Waals surface area (Å²) in [5, 5.41) is 3.72. The summed E-state index contributed by atoms with van der Waals surface area (Å²) in [6.07, 6.45) is 3.38. The zero-order valence-corrected chi connectivity index (χ0v) is 28.6. The Morgan fingerprint density at radius 3 is 1.78 bits per heavy atom. The molecule has 0 bridgehead atoms. The fraction of sp³-hybridized carbons (Fsp3) is 0.0851. The predicted octanol–water partition coefficient (Wildman–Crippen LogP) is 10.9. The van der Waals surface area contributed by atoms with E-state index in [2.05, 4.69) is 158 Å². The maximum Gasteiger partial charge on any atom is 0.159 e. The lowest BCUT2D eigenvalue weighted by molar-refractivity contribution is 0.660. The molecule has 51 heavy (non-hydrogen) atoms. The minimum absolute atomic E-state index is 0.0449. The van der Waals surface area contributed by atoms with Crippen LogP contribution in [0.4, 0.5) is 0 Å². The Morgan fingerprint density at radius 1 is 0.471 bits per heavy atom. The number of amidine groups is 2. The number of benzene rings is 6. The number of nitrogens with one attached hydrogen (secondary N) is 1. The third-order valence-electron chi connectivity index (χ3n) is 10.2. The summed E-state index contributed by atoms with van der Waals surface area (Å²) in [6, 6.07) is 56.0. The lowest BCUT2D eigenvalue weighted by Crippen LogP contribution is -2.33. The van der Waals surface area contributed by atoms with Gasteiger partial charge in [0.2, 0.25) is 0 Å². The number of fused-ring (bicyclic) bond motifs is 3. The number of hydrogen-bond donors (Lipinski definition) is 1. The second kappa shape index (κ2) is 12.5. The van der Waals surface area contributed by atoms with Gasteiger partial charge in [0.05, 0.1) is 0 Å². The molecule has 1 aliphatic heterocycles. The summed E-state index contributed by atoms with van der Waals surface area (Å²) < 4.78 is 0. The van der Waals surface area contributed by atoms with E-state index in [4.69, 9.17) is 9.98 Å². The molecule has 0 radical (unpaired) electrons. The van der Waals surface area contributed by atoms with Gasteiger partial charge in [-0.1, -0.05) is 135 Å². The van der Waals surface area contributed by atoms with Crippen LogP contribution in [0.5, 0.6) is 0 Å². The number of aromatic nitrogens is 1. The highest BCUT2D eigenvalue weighted by molar-refractivity contribution is 6.13. The van der Waals surface area contributed by atoms with E-state index in [1.54, 1.807) is 0 Å². The standard InChI is InChI=1S/C47H36N4/c1-47(2)42-16-10-9-15-40(42)41-30-36(21-22-43(41)47)38-27-37(33-23-25-48-26-24-33)28-39(29-38)46-50-44(34-13-7-4-8-14-34)49-45(51-46)35-19-17-32(18-20-35)31-11-5-3-6-12-31/h3-30,45H,1-2H3,(H,49,50,51).